The van der Waals surface area contributed by atoms with Gasteiger partial charge in [-0.05, 0) is 0 Å². The number of carbonyl (C=O) groups is 1. The van der Waals surface area contributed by atoms with E-state index in [0.29, 0.717) is 0 Å². The fraction of sp³-hybridized carbons (Fsp3) is 0.625. The summed E-state index contributed by atoms with van der Waals surface area (Å²) in [6.07, 6.45) is -4.17. The summed E-state index contributed by atoms with van der Waals surface area (Å²) in [6.45, 7) is 2.98. The van der Waals surface area contributed by atoms with Gasteiger partial charge in [-0.2, -0.15) is 13.2 Å². The lowest BCUT2D eigenvalue weighted by atomic mass is 9.99. The molecule has 0 aromatic carbocycles. The van der Waals surface area contributed by atoms with E-state index in [0.717, 1.165) is 0 Å². The van der Waals surface area contributed by atoms with Gasteiger partial charge in [-0.15, -0.1) is 0 Å². The van der Waals surface area contributed by atoms with Gasteiger partial charge in [-0.25, -0.2) is 4.79 Å². The van der Waals surface area contributed by atoms with Gasteiger partial charge in [-0.1, -0.05) is 6.58 Å². The van der Waals surface area contributed by atoms with Crippen LogP contribution in [0.15, 0.2) is 12.2 Å². The predicted octanol–water partition coefficient (Wildman–Crippen LogP) is 1.12. The first kappa shape index (κ1) is 11.0. The third kappa shape index (κ3) is 2.47. The molecular weight excluding hydrogens is 199 g/mol. The summed E-state index contributed by atoms with van der Waals surface area (Å²) in [4.78, 5) is 11.7. The molecular formula is C8H10F3NO2. The fourth-order valence-electron chi connectivity index (χ4n) is 1.24. The molecule has 1 saturated heterocycles. The third-order valence-corrected chi connectivity index (χ3v) is 2.14. The van der Waals surface area contributed by atoms with Crippen LogP contribution in [0.5, 0.6) is 0 Å². The van der Waals surface area contributed by atoms with E-state index < -0.39 is 18.1 Å². The number of carboxylic acids is 1. The zero-order valence-electron chi connectivity index (χ0n) is 7.34. The standard InChI is InChI=1S/C8H10F3NO2/c1-5(7(13)14)2-12-3-6(4-12)8(9,10)11/h6H,1-4H2,(H,13,14). The number of likely N-dealkylation sites (tertiary alicyclic amines) is 1. The smallest absolute Gasteiger partial charge is 0.394 e. The van der Waals surface area contributed by atoms with Gasteiger partial charge in [0.25, 0.3) is 0 Å². The Morgan fingerprint density at radius 1 is 1.50 bits per heavy atom. The van der Waals surface area contributed by atoms with Gasteiger partial charge in [0.2, 0.25) is 0 Å². The summed E-state index contributed by atoms with van der Waals surface area (Å²) in [5, 5.41) is 8.43. The molecule has 1 fully saturated rings. The number of carboxylic acid groups (broad SMARTS) is 1. The molecule has 0 radical (unpaired) electrons. The van der Waals surface area contributed by atoms with Crippen molar-refractivity contribution in [2.45, 2.75) is 6.18 Å². The Labute approximate surface area is 78.8 Å². The van der Waals surface area contributed by atoms with Gasteiger partial charge in [0.1, 0.15) is 0 Å². The third-order valence-electron chi connectivity index (χ3n) is 2.14. The maximum absolute atomic E-state index is 12.0. The molecule has 6 heteroatoms. The summed E-state index contributed by atoms with van der Waals surface area (Å²) in [5.41, 5.74) is -0.0781. The molecule has 3 nitrogen and oxygen atoms in total. The van der Waals surface area contributed by atoms with Crippen molar-refractivity contribution in [3.8, 4) is 0 Å². The quantitative estimate of drug-likeness (QED) is 0.708. The van der Waals surface area contributed by atoms with Crippen molar-refractivity contribution in [1.29, 1.82) is 0 Å². The average molecular weight is 209 g/mol. The van der Waals surface area contributed by atoms with Crippen LogP contribution in [-0.4, -0.2) is 41.8 Å². The molecule has 80 valence electrons. The molecule has 0 spiro atoms. The molecule has 0 amide bonds. The van der Waals surface area contributed by atoms with Gasteiger partial charge in [0.05, 0.1) is 5.92 Å². The van der Waals surface area contributed by atoms with Crippen LogP contribution in [0.2, 0.25) is 0 Å². The molecule has 1 heterocycles. The summed E-state index contributed by atoms with van der Waals surface area (Å²) >= 11 is 0. The van der Waals surface area contributed by atoms with Crippen molar-refractivity contribution in [2.24, 2.45) is 5.92 Å². The molecule has 0 unspecified atom stereocenters. The van der Waals surface area contributed by atoms with Crippen molar-refractivity contribution in [2.75, 3.05) is 19.6 Å². The van der Waals surface area contributed by atoms with Crippen molar-refractivity contribution in [3.63, 3.8) is 0 Å². The minimum absolute atomic E-state index is 0.00190. The zero-order valence-corrected chi connectivity index (χ0v) is 7.34. The Bertz CT molecular complexity index is 256. The summed E-state index contributed by atoms with van der Waals surface area (Å²) in [5.74, 6) is -2.48. The second kappa shape index (κ2) is 3.61. The lowest BCUT2D eigenvalue weighted by Gasteiger charge is -2.39. The number of hydrogen-bond donors (Lipinski definition) is 1. The summed E-state index contributed by atoms with van der Waals surface area (Å²) in [6, 6.07) is 0. The highest BCUT2D eigenvalue weighted by molar-refractivity contribution is 5.86. The highest BCUT2D eigenvalue weighted by Gasteiger charge is 2.47. The molecule has 0 atom stereocenters. The van der Waals surface area contributed by atoms with E-state index >= 15 is 0 Å². The summed E-state index contributed by atoms with van der Waals surface area (Å²) < 4.78 is 36.0. The largest absolute Gasteiger partial charge is 0.478 e. The first-order valence-electron chi connectivity index (χ1n) is 4.01. The van der Waals surface area contributed by atoms with Gasteiger partial charge in [0, 0.05) is 25.2 Å². The number of hydrogen-bond acceptors (Lipinski definition) is 2. The minimum Gasteiger partial charge on any atom is -0.478 e. The van der Waals surface area contributed by atoms with Gasteiger partial charge < -0.3 is 5.11 Å². The summed E-state index contributed by atoms with van der Waals surface area (Å²) in [7, 11) is 0. The van der Waals surface area contributed by atoms with Gasteiger partial charge in [0.15, 0.2) is 0 Å². The van der Waals surface area contributed by atoms with Gasteiger partial charge >= 0.3 is 12.1 Å². The van der Waals surface area contributed by atoms with Crippen LogP contribution < -0.4 is 0 Å². The second-order valence-electron chi connectivity index (χ2n) is 3.34. The van der Waals surface area contributed by atoms with Crippen LogP contribution >= 0.6 is 0 Å². The molecule has 0 aromatic rings. The Hall–Kier alpha value is -1.04. The van der Waals surface area contributed by atoms with Crippen LogP contribution in [0.4, 0.5) is 13.2 Å². The number of alkyl halides is 3. The van der Waals surface area contributed by atoms with Crippen LogP contribution in [0.25, 0.3) is 0 Å². The van der Waals surface area contributed by atoms with E-state index in [2.05, 4.69) is 6.58 Å². The lowest BCUT2D eigenvalue weighted by Crippen LogP contribution is -2.53. The SMILES string of the molecule is C=C(CN1CC(C(F)(F)F)C1)C(=O)O. The first-order valence-corrected chi connectivity index (χ1v) is 4.01. The molecule has 0 saturated carbocycles. The van der Waals surface area contributed by atoms with Crippen molar-refractivity contribution < 1.29 is 23.1 Å². The highest BCUT2D eigenvalue weighted by atomic mass is 19.4. The molecule has 0 aliphatic carbocycles. The van der Waals surface area contributed by atoms with Gasteiger partial charge in [-0.3, -0.25) is 4.90 Å². The highest BCUT2D eigenvalue weighted by Crippen LogP contribution is 2.33. The van der Waals surface area contributed by atoms with Crippen LogP contribution in [0, 0.1) is 5.92 Å². The molecule has 1 aliphatic rings. The Kier molecular flexibility index (Phi) is 2.84. The Morgan fingerprint density at radius 2 is 2.00 bits per heavy atom. The van der Waals surface area contributed by atoms with Crippen molar-refractivity contribution in [1.82, 2.24) is 4.90 Å². The maximum Gasteiger partial charge on any atom is 0.394 e. The normalized spacial score (nSPS) is 19.1. The molecule has 1 aliphatic heterocycles. The number of nitrogens with zero attached hydrogens (tertiary/aromatic N) is 1. The van der Waals surface area contributed by atoms with E-state index in [1.165, 1.54) is 4.90 Å². The van der Waals surface area contributed by atoms with E-state index in [-0.39, 0.29) is 25.2 Å². The fourth-order valence-corrected chi connectivity index (χ4v) is 1.24. The second-order valence-corrected chi connectivity index (χ2v) is 3.34. The predicted molar refractivity (Wildman–Crippen MR) is 42.8 cm³/mol. The molecule has 14 heavy (non-hydrogen) atoms. The van der Waals surface area contributed by atoms with E-state index in [4.69, 9.17) is 5.11 Å². The first-order chi connectivity index (χ1) is 6.30. The van der Waals surface area contributed by atoms with Crippen LogP contribution in [-0.2, 0) is 4.79 Å². The zero-order chi connectivity index (χ0) is 10.9. The maximum atomic E-state index is 12.0. The Balaban J connectivity index is 2.29. The van der Waals surface area contributed by atoms with Crippen LogP contribution in [0.3, 0.4) is 0 Å². The molecule has 1 N–H and O–H groups in total. The van der Waals surface area contributed by atoms with E-state index in [9.17, 15) is 18.0 Å². The minimum atomic E-state index is -4.17. The topological polar surface area (TPSA) is 40.5 Å². The molecule has 0 bridgehead atoms. The lowest BCUT2D eigenvalue weighted by molar-refractivity contribution is -0.208. The number of rotatable bonds is 3. The van der Waals surface area contributed by atoms with E-state index in [1.807, 2.05) is 0 Å². The van der Waals surface area contributed by atoms with Crippen molar-refractivity contribution in [3.05, 3.63) is 12.2 Å². The average Bonchev–Trinajstić information content (AvgIpc) is 1.92. The van der Waals surface area contributed by atoms with Crippen LogP contribution in [0.1, 0.15) is 0 Å². The molecule has 0 aromatic heterocycles. The number of halogens is 3. The molecule has 1 rings (SSSR count). The monoisotopic (exact) mass is 209 g/mol. The Morgan fingerprint density at radius 3 is 2.36 bits per heavy atom. The van der Waals surface area contributed by atoms with Crippen molar-refractivity contribution >= 4 is 5.97 Å². The van der Waals surface area contributed by atoms with E-state index in [1.54, 1.807) is 0 Å². The number of aliphatic carboxylic acids is 1.